The molecule has 0 saturated carbocycles. The van der Waals surface area contributed by atoms with Gasteiger partial charge in [-0.05, 0) is 26.0 Å². The zero-order valence-corrected chi connectivity index (χ0v) is 18.6. The molecule has 0 aromatic heterocycles. The van der Waals surface area contributed by atoms with Gasteiger partial charge in [0.1, 0.15) is 28.5 Å². The van der Waals surface area contributed by atoms with E-state index >= 15 is 0 Å². The van der Waals surface area contributed by atoms with Crippen molar-refractivity contribution < 1.29 is 58.5 Å². The van der Waals surface area contributed by atoms with Gasteiger partial charge in [0.2, 0.25) is 5.91 Å². The largest absolute Gasteiger partial charge is 1.00 e. The van der Waals surface area contributed by atoms with E-state index in [1.54, 1.807) is 32.0 Å². The molecule has 2 aliphatic heterocycles. The van der Waals surface area contributed by atoms with Crippen LogP contribution >= 0.6 is 11.8 Å². The summed E-state index contributed by atoms with van der Waals surface area (Å²) in [6.07, 6.45) is 0. The maximum absolute atomic E-state index is 12.7. The quantitative estimate of drug-likeness (QED) is 0.404. The van der Waals surface area contributed by atoms with Crippen LogP contribution in [0.5, 0.6) is 11.5 Å². The van der Waals surface area contributed by atoms with E-state index < -0.39 is 40.0 Å². The summed E-state index contributed by atoms with van der Waals surface area (Å²) in [4.78, 5) is 37.9. The monoisotopic (exact) mass is 402 g/mol. The molecule has 2 amide bonds. The van der Waals surface area contributed by atoms with Gasteiger partial charge in [0, 0.05) is 4.75 Å². The third-order valence-corrected chi connectivity index (χ3v) is 6.18. The summed E-state index contributed by atoms with van der Waals surface area (Å²) in [6.45, 7) is 3.48. The van der Waals surface area contributed by atoms with E-state index in [-0.39, 0.29) is 35.1 Å². The van der Waals surface area contributed by atoms with E-state index in [4.69, 9.17) is 9.47 Å². The Bertz CT molecular complexity index is 764. The van der Waals surface area contributed by atoms with Crippen molar-refractivity contribution in [3.8, 4) is 11.5 Å². The number of thioether (sulfide) groups is 1. The average molecular weight is 402 g/mol. The van der Waals surface area contributed by atoms with Crippen LogP contribution in [0.2, 0.25) is 0 Å². The fourth-order valence-corrected chi connectivity index (χ4v) is 5.04. The molecule has 2 fully saturated rings. The first-order valence-corrected chi connectivity index (χ1v) is 8.83. The molecule has 2 aliphatic rings. The first-order valence-electron chi connectivity index (χ1n) is 7.95. The number of hydrogen-bond donors (Lipinski definition) is 1. The molecule has 140 valence electrons. The molecular weight excluding hydrogens is 383 g/mol. The predicted octanol–water partition coefficient (Wildman–Crippen LogP) is -3.38. The molecule has 2 heterocycles. The minimum absolute atomic E-state index is 0. The number of β-lactam (4-membered cyclic amide) rings is 1. The third kappa shape index (κ3) is 3.53. The molecule has 27 heavy (non-hydrogen) atoms. The van der Waals surface area contributed by atoms with E-state index in [1.165, 1.54) is 30.9 Å². The van der Waals surface area contributed by atoms with Crippen molar-refractivity contribution in [2.45, 2.75) is 36.1 Å². The summed E-state index contributed by atoms with van der Waals surface area (Å²) < 4.78 is 9.71. The Morgan fingerprint density at radius 1 is 1.22 bits per heavy atom. The zero-order valence-electron chi connectivity index (χ0n) is 15.8. The molecule has 8 nitrogen and oxygen atoms in total. The second-order valence-electron chi connectivity index (χ2n) is 6.57. The standard InChI is InChI=1S/C17H20N2O6S.Na/c1-17(2)12(16(22)23)19-14(21)11(15(19)26-17)18-13(20)10-8(24-3)6-5-7-9(10)25-4;/h5-7,11-12,15H,1-4H3,(H,18,20)(H,22,23);/q;+1/p-1/t11-,12?,15?;/m1./s1. The van der Waals surface area contributed by atoms with Crippen LogP contribution < -0.4 is 49.5 Å². The maximum Gasteiger partial charge on any atom is 1.00 e. The van der Waals surface area contributed by atoms with E-state index in [1.807, 2.05) is 0 Å². The molecule has 3 atom stereocenters. The Balaban J connectivity index is 0.00000261. The van der Waals surface area contributed by atoms with Gasteiger partial charge in [-0.3, -0.25) is 9.59 Å². The predicted molar refractivity (Wildman–Crippen MR) is 91.9 cm³/mol. The van der Waals surface area contributed by atoms with Crippen LogP contribution in [0.4, 0.5) is 0 Å². The van der Waals surface area contributed by atoms with Crippen LogP contribution in [-0.2, 0) is 9.59 Å². The number of aliphatic carboxylic acids is 1. The zero-order chi connectivity index (χ0) is 19.2. The number of nitrogens with zero attached hydrogens (tertiary/aromatic N) is 1. The smallest absolute Gasteiger partial charge is 0.548 e. The first-order chi connectivity index (χ1) is 12.2. The van der Waals surface area contributed by atoms with Crippen LogP contribution in [0, 0.1) is 0 Å². The van der Waals surface area contributed by atoms with E-state index in [0.717, 1.165) is 0 Å². The number of amides is 2. The Morgan fingerprint density at radius 2 is 1.78 bits per heavy atom. The van der Waals surface area contributed by atoms with Gasteiger partial charge < -0.3 is 29.6 Å². The van der Waals surface area contributed by atoms with E-state index in [9.17, 15) is 19.5 Å². The maximum atomic E-state index is 12.7. The van der Waals surface area contributed by atoms with Crippen molar-refractivity contribution in [2.24, 2.45) is 0 Å². The summed E-state index contributed by atoms with van der Waals surface area (Å²) in [5.74, 6) is -1.62. The molecule has 1 aromatic rings. The van der Waals surface area contributed by atoms with Crippen LogP contribution in [0.15, 0.2) is 18.2 Å². The van der Waals surface area contributed by atoms with Crippen LogP contribution in [0.1, 0.15) is 24.2 Å². The number of benzene rings is 1. The van der Waals surface area contributed by atoms with Crippen molar-refractivity contribution in [3.63, 3.8) is 0 Å². The molecule has 2 saturated heterocycles. The molecule has 0 radical (unpaired) electrons. The summed E-state index contributed by atoms with van der Waals surface area (Å²) in [6, 6.07) is 3.08. The number of carbonyl (C=O) groups excluding carboxylic acids is 3. The molecule has 10 heteroatoms. The Labute approximate surface area is 183 Å². The van der Waals surface area contributed by atoms with Crippen LogP contribution in [-0.4, -0.2) is 59.1 Å². The fourth-order valence-electron chi connectivity index (χ4n) is 3.41. The van der Waals surface area contributed by atoms with Gasteiger partial charge >= 0.3 is 29.6 Å². The van der Waals surface area contributed by atoms with E-state index in [2.05, 4.69) is 5.32 Å². The molecular formula is C17H19N2NaO6S. The topological polar surface area (TPSA) is 108 Å². The minimum atomic E-state index is -1.30. The molecule has 3 rings (SSSR count). The van der Waals surface area contributed by atoms with E-state index in [0.29, 0.717) is 11.5 Å². The Morgan fingerprint density at radius 3 is 2.26 bits per heavy atom. The number of ether oxygens (including phenoxy) is 2. The molecule has 0 bridgehead atoms. The average Bonchev–Trinajstić information content (AvgIpc) is 2.86. The fraction of sp³-hybridized carbons (Fsp3) is 0.471. The number of hydrogen-bond acceptors (Lipinski definition) is 7. The van der Waals surface area contributed by atoms with Crippen molar-refractivity contribution in [1.29, 1.82) is 0 Å². The summed E-state index contributed by atoms with van der Waals surface area (Å²) in [5.41, 5.74) is 0.183. The van der Waals surface area contributed by atoms with Crippen molar-refractivity contribution in [1.82, 2.24) is 10.2 Å². The normalized spacial score (nSPS) is 25.0. The number of rotatable bonds is 5. The van der Waals surface area contributed by atoms with Crippen molar-refractivity contribution in [3.05, 3.63) is 23.8 Å². The van der Waals surface area contributed by atoms with Crippen molar-refractivity contribution >= 4 is 29.5 Å². The van der Waals surface area contributed by atoms with Gasteiger partial charge in [0.25, 0.3) is 5.91 Å². The SMILES string of the molecule is COc1cccc(OC)c1C(=O)N[C@@H]1C(=O)N2C1SC(C)(C)C2C(=O)[O-].[Na+]. The minimum Gasteiger partial charge on any atom is -0.548 e. The summed E-state index contributed by atoms with van der Waals surface area (Å²) in [7, 11) is 2.86. The number of carboxylic acids is 1. The Hall–Kier alpha value is -1.42. The van der Waals surface area contributed by atoms with Gasteiger partial charge in [-0.1, -0.05) is 6.07 Å². The van der Waals surface area contributed by atoms with Crippen LogP contribution in [0.25, 0.3) is 0 Å². The molecule has 0 spiro atoms. The number of carbonyl (C=O) groups is 3. The number of fused-ring (bicyclic) bond motifs is 1. The van der Waals surface area contributed by atoms with Gasteiger partial charge in [-0.25, -0.2) is 0 Å². The van der Waals surface area contributed by atoms with Gasteiger partial charge in [0.05, 0.1) is 26.2 Å². The second kappa shape index (κ2) is 7.90. The van der Waals surface area contributed by atoms with Gasteiger partial charge in [-0.2, -0.15) is 0 Å². The summed E-state index contributed by atoms with van der Waals surface area (Å²) in [5, 5.41) is 13.7. The van der Waals surface area contributed by atoms with Crippen LogP contribution in [0.3, 0.4) is 0 Å². The Kier molecular flexibility index (Phi) is 6.40. The number of methoxy groups -OCH3 is 2. The number of carboxylic acid groups (broad SMARTS) is 1. The van der Waals surface area contributed by atoms with Gasteiger partial charge in [0.15, 0.2) is 0 Å². The molecule has 1 aromatic carbocycles. The molecule has 2 unspecified atom stereocenters. The molecule has 1 N–H and O–H groups in total. The second-order valence-corrected chi connectivity index (χ2v) is 8.34. The first kappa shape index (κ1) is 21.9. The summed E-state index contributed by atoms with van der Waals surface area (Å²) >= 11 is 1.33. The molecule has 0 aliphatic carbocycles. The number of nitrogens with one attached hydrogen (secondary N) is 1. The third-order valence-electron chi connectivity index (χ3n) is 4.61. The van der Waals surface area contributed by atoms with Crippen molar-refractivity contribution in [2.75, 3.05) is 14.2 Å². The van der Waals surface area contributed by atoms with Gasteiger partial charge in [-0.15, -0.1) is 11.8 Å².